The lowest BCUT2D eigenvalue weighted by Crippen LogP contribution is -2.35. The second-order valence-corrected chi connectivity index (χ2v) is 6.94. The molecule has 1 amide bonds. The van der Waals surface area contributed by atoms with Crippen molar-refractivity contribution in [3.63, 3.8) is 0 Å². The number of carbonyl (C=O) groups excluding carboxylic acids is 1. The highest BCUT2D eigenvalue weighted by atomic mass is 16.5. The Balaban J connectivity index is 1.46. The minimum Gasteiger partial charge on any atom is -0.483 e. The van der Waals surface area contributed by atoms with Crippen molar-refractivity contribution in [2.75, 3.05) is 19.8 Å². The van der Waals surface area contributed by atoms with Crippen molar-refractivity contribution in [2.45, 2.75) is 32.0 Å². The van der Waals surface area contributed by atoms with Gasteiger partial charge in [0.15, 0.2) is 6.61 Å². The summed E-state index contributed by atoms with van der Waals surface area (Å²) < 4.78 is 11.2. The maximum absolute atomic E-state index is 12.0. The van der Waals surface area contributed by atoms with Crippen LogP contribution in [0.1, 0.15) is 34.3 Å². The van der Waals surface area contributed by atoms with Crippen molar-refractivity contribution in [1.29, 1.82) is 0 Å². The predicted molar refractivity (Wildman–Crippen MR) is 108 cm³/mol. The lowest BCUT2D eigenvalue weighted by Gasteiger charge is -2.14. The maximum atomic E-state index is 12.0. The molecular weight excluding hydrogens is 372 g/mol. The fourth-order valence-electron chi connectivity index (χ4n) is 3.17. The van der Waals surface area contributed by atoms with E-state index in [0.29, 0.717) is 25.4 Å². The normalized spacial score (nSPS) is 15.8. The Kier molecular flexibility index (Phi) is 7.61. The van der Waals surface area contributed by atoms with E-state index in [9.17, 15) is 9.59 Å². The number of hydrogen-bond acceptors (Lipinski definition) is 5. The zero-order valence-electron chi connectivity index (χ0n) is 16.2. The van der Waals surface area contributed by atoms with Gasteiger partial charge in [0, 0.05) is 31.8 Å². The Hall–Kier alpha value is -2.90. The first-order valence-electron chi connectivity index (χ1n) is 9.74. The zero-order valence-corrected chi connectivity index (χ0v) is 16.2. The molecule has 7 heteroatoms. The molecule has 29 heavy (non-hydrogen) atoms. The van der Waals surface area contributed by atoms with E-state index in [1.807, 2.05) is 30.3 Å². The van der Waals surface area contributed by atoms with E-state index < -0.39 is 5.97 Å². The number of para-hydroxylation sites is 1. The summed E-state index contributed by atoms with van der Waals surface area (Å²) in [4.78, 5) is 23.1. The van der Waals surface area contributed by atoms with E-state index in [4.69, 9.17) is 14.6 Å². The molecule has 2 aromatic carbocycles. The summed E-state index contributed by atoms with van der Waals surface area (Å²) in [5.41, 5.74) is 2.08. The number of aromatic carboxylic acids is 1. The Labute approximate surface area is 170 Å². The summed E-state index contributed by atoms with van der Waals surface area (Å²) in [5, 5.41) is 15.2. The Morgan fingerprint density at radius 3 is 2.79 bits per heavy atom. The maximum Gasteiger partial charge on any atom is 0.335 e. The highest BCUT2D eigenvalue weighted by molar-refractivity contribution is 5.87. The monoisotopic (exact) mass is 398 g/mol. The molecule has 7 nitrogen and oxygen atoms in total. The number of amides is 1. The van der Waals surface area contributed by atoms with Crippen LogP contribution in [0.5, 0.6) is 5.75 Å². The van der Waals surface area contributed by atoms with Crippen LogP contribution in [0.4, 0.5) is 0 Å². The Morgan fingerprint density at radius 1 is 1.14 bits per heavy atom. The van der Waals surface area contributed by atoms with Gasteiger partial charge in [-0.15, -0.1) is 0 Å². The second kappa shape index (κ2) is 10.6. The van der Waals surface area contributed by atoms with Crippen LogP contribution in [0.3, 0.4) is 0 Å². The number of ether oxygens (including phenoxy) is 2. The molecule has 1 fully saturated rings. The number of nitrogens with one attached hydrogen (secondary N) is 2. The first-order chi connectivity index (χ1) is 14.1. The quantitative estimate of drug-likeness (QED) is 0.569. The van der Waals surface area contributed by atoms with Crippen LogP contribution in [0.2, 0.25) is 0 Å². The van der Waals surface area contributed by atoms with Crippen LogP contribution in [0.15, 0.2) is 48.5 Å². The number of carboxylic acids is 1. The third kappa shape index (κ3) is 6.58. The van der Waals surface area contributed by atoms with Gasteiger partial charge in [0.05, 0.1) is 11.7 Å². The summed E-state index contributed by atoms with van der Waals surface area (Å²) >= 11 is 0. The Morgan fingerprint density at radius 2 is 2.00 bits per heavy atom. The molecule has 154 valence electrons. The van der Waals surface area contributed by atoms with Gasteiger partial charge in [-0.1, -0.05) is 30.3 Å². The summed E-state index contributed by atoms with van der Waals surface area (Å²) in [7, 11) is 0. The number of hydrogen-bond donors (Lipinski definition) is 3. The molecule has 0 spiro atoms. The van der Waals surface area contributed by atoms with E-state index in [-0.39, 0.29) is 24.2 Å². The van der Waals surface area contributed by atoms with Gasteiger partial charge >= 0.3 is 5.97 Å². The van der Waals surface area contributed by atoms with Crippen molar-refractivity contribution in [1.82, 2.24) is 10.6 Å². The van der Waals surface area contributed by atoms with Crippen molar-refractivity contribution >= 4 is 11.9 Å². The molecule has 0 aromatic heterocycles. The molecule has 0 bridgehead atoms. The van der Waals surface area contributed by atoms with Crippen molar-refractivity contribution in [2.24, 2.45) is 0 Å². The predicted octanol–water partition coefficient (Wildman–Crippen LogP) is 2.35. The molecular formula is C22H26N2O5. The van der Waals surface area contributed by atoms with Crippen molar-refractivity contribution in [3.8, 4) is 5.75 Å². The number of rotatable bonds is 10. The van der Waals surface area contributed by atoms with Crippen LogP contribution < -0.4 is 15.4 Å². The highest BCUT2D eigenvalue weighted by Crippen LogP contribution is 2.18. The van der Waals surface area contributed by atoms with Crippen LogP contribution in [0.25, 0.3) is 0 Å². The van der Waals surface area contributed by atoms with Crippen LogP contribution in [-0.4, -0.2) is 42.8 Å². The lowest BCUT2D eigenvalue weighted by molar-refractivity contribution is -0.123. The number of carbonyl (C=O) groups is 2. The molecule has 3 rings (SSSR count). The molecule has 1 heterocycles. The molecule has 1 aliphatic rings. The third-order valence-corrected chi connectivity index (χ3v) is 4.70. The van der Waals surface area contributed by atoms with Crippen molar-refractivity contribution in [3.05, 3.63) is 65.2 Å². The van der Waals surface area contributed by atoms with Gasteiger partial charge in [-0.25, -0.2) is 4.79 Å². The van der Waals surface area contributed by atoms with Gasteiger partial charge in [-0.2, -0.15) is 0 Å². The van der Waals surface area contributed by atoms with E-state index in [1.54, 1.807) is 18.2 Å². The molecule has 3 N–H and O–H groups in total. The average Bonchev–Trinajstić information content (AvgIpc) is 3.25. The van der Waals surface area contributed by atoms with E-state index in [0.717, 1.165) is 30.6 Å². The largest absolute Gasteiger partial charge is 0.483 e. The van der Waals surface area contributed by atoms with Crippen LogP contribution in [-0.2, 0) is 22.6 Å². The first-order valence-corrected chi connectivity index (χ1v) is 9.74. The van der Waals surface area contributed by atoms with E-state index in [2.05, 4.69) is 10.6 Å². The van der Waals surface area contributed by atoms with Crippen molar-refractivity contribution < 1.29 is 24.2 Å². The zero-order chi connectivity index (χ0) is 20.5. The molecule has 1 saturated heterocycles. The number of carboxylic acid groups (broad SMARTS) is 1. The number of benzene rings is 2. The molecule has 0 aliphatic carbocycles. The highest BCUT2D eigenvalue weighted by Gasteiger charge is 2.16. The lowest BCUT2D eigenvalue weighted by atomic mass is 10.1. The fraction of sp³-hybridized carbons (Fsp3) is 0.364. The van der Waals surface area contributed by atoms with Crippen LogP contribution in [0, 0.1) is 0 Å². The fourth-order valence-corrected chi connectivity index (χ4v) is 3.17. The van der Waals surface area contributed by atoms with Gasteiger partial charge in [0.1, 0.15) is 5.75 Å². The SMILES string of the molecule is O=C(COc1ccccc1CNCc1cccc(C(=O)O)c1)NCC1CCCO1. The standard InChI is InChI=1S/C22H26N2O5/c25-21(24-14-19-8-4-10-28-19)15-29-20-9-2-1-6-18(20)13-23-12-16-5-3-7-17(11-16)22(26)27/h1-3,5-7,9,11,19,23H,4,8,10,12-15H2,(H,24,25)(H,26,27). The second-order valence-electron chi connectivity index (χ2n) is 6.94. The topological polar surface area (TPSA) is 96.9 Å². The third-order valence-electron chi connectivity index (χ3n) is 4.70. The summed E-state index contributed by atoms with van der Waals surface area (Å²) in [5.74, 6) is -0.469. The van der Waals surface area contributed by atoms with E-state index in [1.165, 1.54) is 0 Å². The van der Waals surface area contributed by atoms with E-state index >= 15 is 0 Å². The van der Waals surface area contributed by atoms with Gasteiger partial charge in [-0.05, 0) is 36.6 Å². The van der Waals surface area contributed by atoms with Gasteiger partial charge < -0.3 is 25.2 Å². The summed E-state index contributed by atoms with van der Waals surface area (Å²) in [6, 6.07) is 14.4. The summed E-state index contributed by atoms with van der Waals surface area (Å²) in [6.45, 7) is 2.28. The molecule has 1 aliphatic heterocycles. The smallest absolute Gasteiger partial charge is 0.335 e. The molecule has 0 radical (unpaired) electrons. The molecule has 0 saturated carbocycles. The molecule has 2 aromatic rings. The Bertz CT molecular complexity index is 833. The van der Waals surface area contributed by atoms with Crippen LogP contribution >= 0.6 is 0 Å². The molecule has 1 atom stereocenters. The van der Waals surface area contributed by atoms with Gasteiger partial charge in [-0.3, -0.25) is 4.79 Å². The minimum atomic E-state index is -0.941. The van der Waals surface area contributed by atoms with Gasteiger partial charge in [0.2, 0.25) is 0 Å². The average molecular weight is 398 g/mol. The first kappa shape index (κ1) is 20.8. The van der Waals surface area contributed by atoms with Gasteiger partial charge in [0.25, 0.3) is 5.91 Å². The molecule has 1 unspecified atom stereocenters. The summed E-state index contributed by atoms with van der Waals surface area (Å²) in [6.07, 6.45) is 2.12. The minimum absolute atomic E-state index is 0.0512.